The number of methoxy groups -OCH3 is 2. The van der Waals surface area contributed by atoms with Crippen molar-refractivity contribution in [2.75, 3.05) is 27.4 Å². The molecule has 1 aliphatic rings. The first-order chi connectivity index (χ1) is 11.7. The van der Waals surface area contributed by atoms with E-state index in [9.17, 15) is 4.79 Å². The quantitative estimate of drug-likeness (QED) is 0.672. The molecule has 0 spiro atoms. The molecule has 1 fully saturated rings. The average molecular weight is 400 g/mol. The molecule has 0 saturated heterocycles. The van der Waals surface area contributed by atoms with Gasteiger partial charge < -0.3 is 19.5 Å². The van der Waals surface area contributed by atoms with E-state index >= 15 is 0 Å². The van der Waals surface area contributed by atoms with E-state index in [1.165, 1.54) is 32.1 Å². The van der Waals surface area contributed by atoms with Crippen LogP contribution in [0.2, 0.25) is 0 Å². The molecule has 5 nitrogen and oxygen atoms in total. The van der Waals surface area contributed by atoms with E-state index in [0.29, 0.717) is 40.8 Å². The lowest BCUT2D eigenvalue weighted by molar-refractivity contribution is 0.0273. The van der Waals surface area contributed by atoms with Gasteiger partial charge in [0.05, 0.1) is 20.3 Å². The van der Waals surface area contributed by atoms with Gasteiger partial charge in [-0.25, -0.2) is 0 Å². The van der Waals surface area contributed by atoms with E-state index in [-0.39, 0.29) is 5.91 Å². The van der Waals surface area contributed by atoms with Crippen LogP contribution in [0.25, 0.3) is 0 Å². The van der Waals surface area contributed by atoms with Crippen molar-refractivity contribution in [3.8, 4) is 11.5 Å². The summed E-state index contributed by atoms with van der Waals surface area (Å²) in [4.78, 5) is 12.3. The highest BCUT2D eigenvalue weighted by atomic mass is 79.9. The Labute approximate surface area is 152 Å². The topological polar surface area (TPSA) is 56.8 Å². The maximum absolute atomic E-state index is 12.3. The molecule has 1 saturated carbocycles. The van der Waals surface area contributed by atoms with Crippen LogP contribution in [0.1, 0.15) is 48.9 Å². The van der Waals surface area contributed by atoms with Crippen LogP contribution in [-0.4, -0.2) is 39.4 Å². The summed E-state index contributed by atoms with van der Waals surface area (Å²) < 4.78 is 17.1. The van der Waals surface area contributed by atoms with Crippen LogP contribution in [0.5, 0.6) is 11.5 Å². The summed E-state index contributed by atoms with van der Waals surface area (Å²) in [5, 5.41) is 2.91. The third-order valence-electron chi connectivity index (χ3n) is 4.22. The van der Waals surface area contributed by atoms with Crippen molar-refractivity contribution >= 4 is 21.8 Å². The first-order valence-electron chi connectivity index (χ1n) is 8.47. The smallest absolute Gasteiger partial charge is 0.251 e. The molecule has 2 rings (SSSR count). The molecule has 0 bridgehead atoms. The zero-order chi connectivity index (χ0) is 17.4. The van der Waals surface area contributed by atoms with Crippen LogP contribution in [0.3, 0.4) is 0 Å². The van der Waals surface area contributed by atoms with E-state index in [1.807, 2.05) is 0 Å². The fourth-order valence-corrected chi connectivity index (χ4v) is 3.41. The van der Waals surface area contributed by atoms with Crippen molar-refractivity contribution in [1.82, 2.24) is 5.32 Å². The minimum absolute atomic E-state index is 0.142. The van der Waals surface area contributed by atoms with Crippen LogP contribution in [-0.2, 0) is 4.74 Å². The maximum Gasteiger partial charge on any atom is 0.251 e. The van der Waals surface area contributed by atoms with Gasteiger partial charge in [0.15, 0.2) is 0 Å². The maximum atomic E-state index is 12.3. The molecule has 6 heteroatoms. The Balaban J connectivity index is 1.77. The predicted octanol–water partition coefficient (Wildman–Crippen LogP) is 3.94. The Morgan fingerprint density at radius 1 is 1.17 bits per heavy atom. The molecule has 0 heterocycles. The molecule has 1 amide bonds. The molecule has 1 aromatic rings. The number of carbonyl (C=O) groups is 1. The molecule has 0 radical (unpaired) electrons. The number of hydrogen-bond donors (Lipinski definition) is 1. The number of halogens is 1. The fourth-order valence-electron chi connectivity index (χ4n) is 2.86. The van der Waals surface area contributed by atoms with Gasteiger partial charge in [0.2, 0.25) is 0 Å². The Morgan fingerprint density at radius 3 is 2.38 bits per heavy atom. The predicted molar refractivity (Wildman–Crippen MR) is 97.0 cm³/mol. The van der Waals surface area contributed by atoms with E-state index in [1.54, 1.807) is 26.4 Å². The van der Waals surface area contributed by atoms with Gasteiger partial charge in [-0.15, -0.1) is 0 Å². The fraction of sp³-hybridized carbons (Fsp3) is 0.611. The third-order valence-corrected chi connectivity index (χ3v) is 5.00. The lowest BCUT2D eigenvalue weighted by Gasteiger charge is -2.21. The number of amides is 1. The number of hydrogen-bond acceptors (Lipinski definition) is 4. The van der Waals surface area contributed by atoms with Crippen LogP contribution in [0.15, 0.2) is 16.6 Å². The second kappa shape index (κ2) is 9.89. The lowest BCUT2D eigenvalue weighted by atomic mass is 9.98. The molecule has 1 aliphatic carbocycles. The van der Waals surface area contributed by atoms with Gasteiger partial charge in [-0.3, -0.25) is 4.79 Å². The van der Waals surface area contributed by atoms with E-state index < -0.39 is 0 Å². The summed E-state index contributed by atoms with van der Waals surface area (Å²) in [5.74, 6) is 0.997. The molecule has 0 aromatic heterocycles. The molecule has 1 aromatic carbocycles. The highest BCUT2D eigenvalue weighted by molar-refractivity contribution is 9.10. The minimum atomic E-state index is -0.142. The Bertz CT molecular complexity index is 519. The SMILES string of the molecule is COc1cc(C(=O)NCCCOC2CCCCC2)cc(OC)c1Br. The second-order valence-corrected chi connectivity index (χ2v) is 6.73. The Kier molecular flexibility index (Phi) is 7.85. The molecule has 134 valence electrons. The standard InChI is InChI=1S/C18H26BrNO4/c1-22-15-11-13(12-16(23-2)17(15)19)18(21)20-9-6-10-24-14-7-4-3-5-8-14/h11-12,14H,3-10H2,1-2H3,(H,20,21). The van der Waals surface area contributed by atoms with Gasteiger partial charge in [-0.1, -0.05) is 19.3 Å². The van der Waals surface area contributed by atoms with Crippen molar-refractivity contribution in [3.63, 3.8) is 0 Å². The van der Waals surface area contributed by atoms with Crippen LogP contribution < -0.4 is 14.8 Å². The Hall–Kier alpha value is -1.27. The number of benzene rings is 1. The van der Waals surface area contributed by atoms with E-state index in [4.69, 9.17) is 14.2 Å². The van der Waals surface area contributed by atoms with Gasteiger partial charge in [0.1, 0.15) is 16.0 Å². The second-order valence-electron chi connectivity index (χ2n) is 5.94. The zero-order valence-electron chi connectivity index (χ0n) is 14.4. The summed E-state index contributed by atoms with van der Waals surface area (Å²) in [5.41, 5.74) is 0.514. The normalized spacial score (nSPS) is 15.1. The highest BCUT2D eigenvalue weighted by Gasteiger charge is 2.15. The summed E-state index contributed by atoms with van der Waals surface area (Å²) in [6, 6.07) is 3.39. The number of carbonyl (C=O) groups excluding carboxylic acids is 1. The molecule has 0 unspecified atom stereocenters. The molecule has 0 atom stereocenters. The summed E-state index contributed by atoms with van der Waals surface area (Å²) in [7, 11) is 3.12. The largest absolute Gasteiger partial charge is 0.495 e. The number of nitrogens with one attached hydrogen (secondary N) is 1. The molecular weight excluding hydrogens is 374 g/mol. The van der Waals surface area contributed by atoms with E-state index in [0.717, 1.165) is 6.42 Å². The third kappa shape index (κ3) is 5.38. The van der Waals surface area contributed by atoms with Crippen LogP contribution in [0.4, 0.5) is 0 Å². The van der Waals surface area contributed by atoms with Gasteiger partial charge in [-0.05, 0) is 47.3 Å². The summed E-state index contributed by atoms with van der Waals surface area (Å²) in [6.45, 7) is 1.28. The van der Waals surface area contributed by atoms with Crippen molar-refractivity contribution in [3.05, 3.63) is 22.2 Å². The molecule has 1 N–H and O–H groups in total. The van der Waals surface area contributed by atoms with Gasteiger partial charge in [0.25, 0.3) is 5.91 Å². The van der Waals surface area contributed by atoms with Crippen molar-refractivity contribution in [2.45, 2.75) is 44.6 Å². The van der Waals surface area contributed by atoms with Gasteiger partial charge in [0, 0.05) is 18.7 Å². The van der Waals surface area contributed by atoms with Crippen molar-refractivity contribution in [2.24, 2.45) is 0 Å². The van der Waals surface area contributed by atoms with Gasteiger partial charge >= 0.3 is 0 Å². The zero-order valence-corrected chi connectivity index (χ0v) is 16.0. The highest BCUT2D eigenvalue weighted by Crippen LogP contribution is 2.35. The average Bonchev–Trinajstić information content (AvgIpc) is 2.62. The van der Waals surface area contributed by atoms with Gasteiger partial charge in [-0.2, -0.15) is 0 Å². The first-order valence-corrected chi connectivity index (χ1v) is 9.26. The molecule has 24 heavy (non-hydrogen) atoms. The number of rotatable bonds is 8. The van der Waals surface area contributed by atoms with Crippen LogP contribution in [0, 0.1) is 0 Å². The number of ether oxygens (including phenoxy) is 3. The Morgan fingerprint density at radius 2 is 1.79 bits per heavy atom. The van der Waals surface area contributed by atoms with E-state index in [2.05, 4.69) is 21.2 Å². The van der Waals surface area contributed by atoms with Crippen molar-refractivity contribution in [1.29, 1.82) is 0 Å². The lowest BCUT2D eigenvalue weighted by Crippen LogP contribution is -2.26. The minimum Gasteiger partial charge on any atom is -0.495 e. The van der Waals surface area contributed by atoms with Crippen molar-refractivity contribution < 1.29 is 19.0 Å². The first kappa shape index (κ1) is 19.1. The van der Waals surface area contributed by atoms with Crippen LogP contribution >= 0.6 is 15.9 Å². The summed E-state index contributed by atoms with van der Waals surface area (Å²) in [6.07, 6.45) is 7.44. The molecule has 0 aliphatic heterocycles. The molecular formula is C18H26BrNO4. The summed E-state index contributed by atoms with van der Waals surface area (Å²) >= 11 is 3.40. The monoisotopic (exact) mass is 399 g/mol.